The van der Waals surface area contributed by atoms with Crippen molar-refractivity contribution in [2.75, 3.05) is 11.9 Å². The predicted molar refractivity (Wildman–Crippen MR) is 119 cm³/mol. The molecule has 0 bridgehead atoms. The number of carbonyl (C=O) groups is 2. The number of halogens is 3. The molecule has 5 nitrogen and oxygen atoms in total. The van der Waals surface area contributed by atoms with E-state index in [-0.39, 0.29) is 12.5 Å². The van der Waals surface area contributed by atoms with Crippen LogP contribution in [0.1, 0.15) is 50.1 Å². The van der Waals surface area contributed by atoms with Crippen molar-refractivity contribution in [3.05, 3.63) is 51.4 Å². The second kappa shape index (κ2) is 9.13. The summed E-state index contributed by atoms with van der Waals surface area (Å²) in [6.45, 7) is 3.85. The highest BCUT2D eigenvalue weighted by Gasteiger charge is 2.37. The SMILES string of the molecule is CCOC(=O)c1c(NC(NC(=O)c2ccccc2C)C(Cl)(Cl)Cl)sc2c1CCC2. The van der Waals surface area contributed by atoms with E-state index in [1.54, 1.807) is 19.1 Å². The summed E-state index contributed by atoms with van der Waals surface area (Å²) in [5.41, 5.74) is 2.72. The molecule has 3 rings (SSSR count). The van der Waals surface area contributed by atoms with E-state index >= 15 is 0 Å². The Morgan fingerprint density at radius 2 is 1.97 bits per heavy atom. The molecular weight excluding hydrogens is 455 g/mol. The molecule has 0 fully saturated rings. The lowest BCUT2D eigenvalue weighted by atomic mass is 10.1. The Morgan fingerprint density at radius 1 is 1.24 bits per heavy atom. The van der Waals surface area contributed by atoms with Crippen molar-refractivity contribution in [2.45, 2.75) is 43.1 Å². The molecule has 2 aromatic rings. The van der Waals surface area contributed by atoms with Crippen molar-refractivity contribution < 1.29 is 14.3 Å². The maximum atomic E-state index is 12.8. The van der Waals surface area contributed by atoms with Crippen LogP contribution in [0.25, 0.3) is 0 Å². The van der Waals surface area contributed by atoms with Gasteiger partial charge in [0.15, 0.2) is 0 Å². The Bertz CT molecular complexity index is 924. The number of benzene rings is 1. The molecule has 0 saturated heterocycles. The minimum absolute atomic E-state index is 0.265. The molecule has 1 atom stereocenters. The summed E-state index contributed by atoms with van der Waals surface area (Å²) in [5.74, 6) is -0.795. The third-order valence-corrected chi connectivity index (χ3v) is 6.55. The number of amides is 1. The van der Waals surface area contributed by atoms with Crippen LogP contribution in [-0.4, -0.2) is 28.4 Å². The zero-order valence-electron chi connectivity index (χ0n) is 16.0. The van der Waals surface area contributed by atoms with Gasteiger partial charge in [0.1, 0.15) is 11.2 Å². The van der Waals surface area contributed by atoms with E-state index in [1.165, 1.54) is 11.3 Å². The standard InChI is InChI=1S/C20H21Cl3N2O3S/c1-3-28-18(27)15-13-9-6-10-14(13)29-17(15)25-19(20(21,22)23)24-16(26)12-8-5-4-7-11(12)2/h4-5,7-8,19,25H,3,6,9-10H2,1-2H3,(H,24,26). The Labute approximate surface area is 188 Å². The average Bonchev–Trinajstić information content (AvgIpc) is 3.21. The van der Waals surface area contributed by atoms with Gasteiger partial charge in [-0.2, -0.15) is 0 Å². The van der Waals surface area contributed by atoms with Crippen LogP contribution in [0.4, 0.5) is 5.00 Å². The lowest BCUT2D eigenvalue weighted by Gasteiger charge is -2.27. The van der Waals surface area contributed by atoms with Gasteiger partial charge in [-0.15, -0.1) is 11.3 Å². The summed E-state index contributed by atoms with van der Waals surface area (Å²) in [6, 6.07) is 7.14. The summed E-state index contributed by atoms with van der Waals surface area (Å²) < 4.78 is 3.38. The molecule has 0 aliphatic heterocycles. The minimum atomic E-state index is -1.85. The van der Waals surface area contributed by atoms with Gasteiger partial charge >= 0.3 is 5.97 Å². The molecule has 1 aliphatic carbocycles. The third kappa shape index (κ3) is 5.00. The van der Waals surface area contributed by atoms with Gasteiger partial charge in [-0.25, -0.2) is 4.79 Å². The highest BCUT2D eigenvalue weighted by molar-refractivity contribution is 7.16. The van der Waals surface area contributed by atoms with Gasteiger partial charge in [-0.05, 0) is 50.3 Å². The fourth-order valence-corrected chi connectivity index (χ4v) is 4.93. The summed E-state index contributed by atoms with van der Waals surface area (Å²) >= 11 is 19.9. The van der Waals surface area contributed by atoms with Gasteiger partial charge in [0, 0.05) is 10.4 Å². The van der Waals surface area contributed by atoms with Crippen LogP contribution >= 0.6 is 46.1 Å². The summed E-state index contributed by atoms with van der Waals surface area (Å²) in [5, 5.41) is 6.34. The third-order valence-electron chi connectivity index (χ3n) is 4.67. The van der Waals surface area contributed by atoms with E-state index in [2.05, 4.69) is 10.6 Å². The monoisotopic (exact) mass is 474 g/mol. The molecule has 0 spiro atoms. The fourth-order valence-electron chi connectivity index (χ4n) is 3.29. The minimum Gasteiger partial charge on any atom is -0.462 e. The first kappa shape index (κ1) is 22.2. The number of carbonyl (C=O) groups excluding carboxylic acids is 2. The highest BCUT2D eigenvalue weighted by atomic mass is 35.6. The van der Waals surface area contributed by atoms with Crippen molar-refractivity contribution in [2.24, 2.45) is 0 Å². The molecule has 29 heavy (non-hydrogen) atoms. The first-order chi connectivity index (χ1) is 13.7. The number of alkyl halides is 3. The second-order valence-corrected chi connectivity index (χ2v) is 10.2. The Kier molecular flexibility index (Phi) is 6.99. The molecule has 1 aromatic heterocycles. The van der Waals surface area contributed by atoms with E-state index in [1.807, 2.05) is 19.1 Å². The zero-order chi connectivity index (χ0) is 21.2. The van der Waals surface area contributed by atoms with Gasteiger partial charge in [-0.1, -0.05) is 53.0 Å². The first-order valence-electron chi connectivity index (χ1n) is 9.23. The van der Waals surface area contributed by atoms with Crippen LogP contribution < -0.4 is 10.6 Å². The summed E-state index contributed by atoms with van der Waals surface area (Å²) in [7, 11) is 0. The lowest BCUT2D eigenvalue weighted by molar-refractivity contribution is 0.0527. The van der Waals surface area contributed by atoms with Crippen molar-refractivity contribution in [3.63, 3.8) is 0 Å². The lowest BCUT2D eigenvalue weighted by Crippen LogP contribution is -2.49. The number of hydrogen-bond donors (Lipinski definition) is 2. The maximum Gasteiger partial charge on any atom is 0.341 e. The normalized spacial score (nSPS) is 14.2. The van der Waals surface area contributed by atoms with Crippen LogP contribution in [0.5, 0.6) is 0 Å². The topological polar surface area (TPSA) is 67.4 Å². The average molecular weight is 476 g/mol. The number of anilines is 1. The van der Waals surface area contributed by atoms with E-state index < -0.39 is 15.9 Å². The molecular formula is C20H21Cl3N2O3S. The van der Waals surface area contributed by atoms with Gasteiger partial charge in [0.2, 0.25) is 3.79 Å². The van der Waals surface area contributed by atoms with Gasteiger partial charge in [-0.3, -0.25) is 4.79 Å². The van der Waals surface area contributed by atoms with Crippen LogP contribution in [0, 0.1) is 6.92 Å². The molecule has 1 aromatic carbocycles. The molecule has 1 aliphatic rings. The number of hydrogen-bond acceptors (Lipinski definition) is 5. The summed E-state index contributed by atoms with van der Waals surface area (Å²) in [6.07, 6.45) is 1.63. The van der Waals surface area contributed by atoms with Crippen molar-refractivity contribution in [1.29, 1.82) is 0 Å². The Morgan fingerprint density at radius 3 is 2.62 bits per heavy atom. The molecule has 0 saturated carbocycles. The molecule has 156 valence electrons. The molecule has 1 amide bonds. The molecule has 2 N–H and O–H groups in total. The van der Waals surface area contributed by atoms with E-state index in [9.17, 15) is 9.59 Å². The number of thiophene rings is 1. The van der Waals surface area contributed by atoms with Crippen molar-refractivity contribution in [1.82, 2.24) is 5.32 Å². The van der Waals surface area contributed by atoms with Crippen LogP contribution in [0.3, 0.4) is 0 Å². The number of rotatable bonds is 6. The molecule has 1 heterocycles. The zero-order valence-corrected chi connectivity index (χ0v) is 19.1. The molecule has 1 unspecified atom stereocenters. The smallest absolute Gasteiger partial charge is 0.341 e. The van der Waals surface area contributed by atoms with Crippen LogP contribution in [0.2, 0.25) is 0 Å². The van der Waals surface area contributed by atoms with Crippen molar-refractivity contribution in [3.8, 4) is 0 Å². The Balaban J connectivity index is 1.90. The van der Waals surface area contributed by atoms with Gasteiger partial charge in [0.05, 0.1) is 12.2 Å². The number of fused-ring (bicyclic) bond motifs is 1. The second-order valence-electron chi connectivity index (χ2n) is 6.69. The number of ether oxygens (including phenoxy) is 1. The van der Waals surface area contributed by atoms with Crippen LogP contribution in [-0.2, 0) is 17.6 Å². The Hall–Kier alpha value is -1.47. The molecule has 0 radical (unpaired) electrons. The molecule has 9 heteroatoms. The number of aryl methyl sites for hydroxylation is 2. The number of esters is 1. The van der Waals surface area contributed by atoms with Gasteiger partial charge < -0.3 is 15.4 Å². The maximum absolute atomic E-state index is 12.8. The van der Waals surface area contributed by atoms with Gasteiger partial charge in [0.25, 0.3) is 5.91 Å². The van der Waals surface area contributed by atoms with E-state index in [0.29, 0.717) is 16.1 Å². The fraction of sp³-hybridized carbons (Fsp3) is 0.400. The van der Waals surface area contributed by atoms with E-state index in [4.69, 9.17) is 39.5 Å². The largest absolute Gasteiger partial charge is 0.462 e. The highest BCUT2D eigenvalue weighted by Crippen LogP contribution is 2.41. The predicted octanol–water partition coefficient (Wildman–Crippen LogP) is 5.26. The van der Waals surface area contributed by atoms with E-state index in [0.717, 1.165) is 35.3 Å². The van der Waals surface area contributed by atoms with Crippen LogP contribution in [0.15, 0.2) is 24.3 Å². The summed E-state index contributed by atoms with van der Waals surface area (Å²) in [4.78, 5) is 26.4. The first-order valence-corrected chi connectivity index (χ1v) is 11.2. The van der Waals surface area contributed by atoms with Crippen molar-refractivity contribution >= 4 is 63.0 Å². The quantitative estimate of drug-likeness (QED) is 0.340. The number of nitrogens with one attached hydrogen (secondary N) is 2.